The summed E-state index contributed by atoms with van der Waals surface area (Å²) in [5.74, 6) is 0.166. The van der Waals surface area contributed by atoms with Crippen LogP contribution in [0.5, 0.6) is 0 Å². The van der Waals surface area contributed by atoms with Crippen molar-refractivity contribution in [2.24, 2.45) is 0 Å². The van der Waals surface area contributed by atoms with E-state index in [4.69, 9.17) is 12.2 Å². The van der Waals surface area contributed by atoms with Gasteiger partial charge in [-0.15, -0.1) is 0 Å². The van der Waals surface area contributed by atoms with E-state index in [1.807, 2.05) is 0 Å². The second-order valence-corrected chi connectivity index (χ2v) is 4.08. The second kappa shape index (κ2) is 8.49. The summed E-state index contributed by atoms with van der Waals surface area (Å²) in [5.41, 5.74) is 0. The van der Waals surface area contributed by atoms with Crippen LogP contribution in [0.2, 0.25) is 0 Å². The Morgan fingerprint density at radius 3 is 2.67 bits per heavy atom. The second-order valence-electron chi connectivity index (χ2n) is 2.31. The number of hydrogen-bond donors (Lipinski definition) is 1. The molecule has 5 nitrogen and oxygen atoms in total. The van der Waals surface area contributed by atoms with E-state index < -0.39 is 6.09 Å². The van der Waals surface area contributed by atoms with Crippen LogP contribution in [-0.4, -0.2) is 35.9 Å². The van der Waals surface area contributed by atoms with Gasteiger partial charge in [0.05, 0.1) is 20.1 Å². The topological polar surface area (TPSA) is 64.6 Å². The van der Waals surface area contributed by atoms with E-state index in [0.29, 0.717) is 12.4 Å². The fraction of sp³-hybridized carbons (Fsp3) is 0.625. The van der Waals surface area contributed by atoms with Gasteiger partial charge in [-0.2, -0.15) is 0 Å². The molecule has 0 fully saturated rings. The third-order valence-corrected chi connectivity index (χ3v) is 2.47. The zero-order chi connectivity index (χ0) is 11.7. The van der Waals surface area contributed by atoms with Crippen LogP contribution in [0.3, 0.4) is 0 Å². The van der Waals surface area contributed by atoms with Gasteiger partial charge in [-0.25, -0.2) is 4.79 Å². The Balaban J connectivity index is 3.57. The lowest BCUT2D eigenvalue weighted by Crippen LogP contribution is -2.27. The summed E-state index contributed by atoms with van der Waals surface area (Å²) in [6.07, 6.45) is -0.320. The maximum Gasteiger partial charge on any atom is 0.412 e. The van der Waals surface area contributed by atoms with Crippen LogP contribution in [0.4, 0.5) is 4.79 Å². The monoisotopic (exact) mass is 251 g/mol. The molecule has 1 amide bonds. The number of alkyl carbamates (subject to hydrolysis) is 1. The molecule has 1 N–H and O–H groups in total. The fourth-order valence-electron chi connectivity index (χ4n) is 0.616. The standard InChI is InChI=1S/C8H13NO4S2/c1-3-13-7(11)9-8(14)15-5-4-6(10)12-2/h3-5H2,1-2H3,(H,9,11,14). The number of carbonyl (C=O) groups is 2. The average molecular weight is 251 g/mol. The van der Waals surface area contributed by atoms with Gasteiger partial charge >= 0.3 is 12.1 Å². The molecule has 0 atom stereocenters. The van der Waals surface area contributed by atoms with Crippen LogP contribution in [0.1, 0.15) is 13.3 Å². The van der Waals surface area contributed by atoms with E-state index in [1.165, 1.54) is 18.9 Å². The molecule has 0 bridgehead atoms. The van der Waals surface area contributed by atoms with Crippen molar-refractivity contribution in [3.05, 3.63) is 0 Å². The first-order valence-corrected chi connectivity index (χ1v) is 5.66. The Kier molecular flexibility index (Phi) is 8.02. The molecule has 0 aromatic rings. The van der Waals surface area contributed by atoms with Gasteiger partial charge in [0, 0.05) is 5.75 Å². The van der Waals surface area contributed by atoms with E-state index >= 15 is 0 Å². The summed E-state index contributed by atoms with van der Waals surface area (Å²) in [7, 11) is 1.32. The van der Waals surface area contributed by atoms with Gasteiger partial charge in [0.15, 0.2) is 0 Å². The number of thioether (sulfide) groups is 1. The lowest BCUT2D eigenvalue weighted by molar-refractivity contribution is -0.140. The minimum Gasteiger partial charge on any atom is -0.469 e. The number of esters is 1. The molecular formula is C8H13NO4S2. The molecule has 86 valence electrons. The van der Waals surface area contributed by atoms with Gasteiger partial charge in [0.25, 0.3) is 0 Å². The summed E-state index contributed by atoms with van der Waals surface area (Å²) in [5, 5.41) is 2.35. The largest absolute Gasteiger partial charge is 0.469 e. The predicted octanol–water partition coefficient (Wildman–Crippen LogP) is 1.31. The van der Waals surface area contributed by atoms with Crippen molar-refractivity contribution in [2.75, 3.05) is 19.5 Å². The number of rotatable bonds is 4. The van der Waals surface area contributed by atoms with Crippen LogP contribution in [0, 0.1) is 0 Å². The van der Waals surface area contributed by atoms with E-state index in [1.54, 1.807) is 6.92 Å². The molecular weight excluding hydrogens is 238 g/mol. The normalized spacial score (nSPS) is 9.20. The zero-order valence-corrected chi connectivity index (χ0v) is 10.2. The smallest absolute Gasteiger partial charge is 0.412 e. The summed E-state index contributed by atoms with van der Waals surface area (Å²) in [6.45, 7) is 1.99. The summed E-state index contributed by atoms with van der Waals surface area (Å²) < 4.78 is 9.35. The minimum absolute atomic E-state index is 0.256. The molecule has 0 aliphatic rings. The van der Waals surface area contributed by atoms with E-state index in [-0.39, 0.29) is 16.7 Å². The van der Waals surface area contributed by atoms with E-state index in [0.717, 1.165) is 0 Å². The van der Waals surface area contributed by atoms with E-state index in [9.17, 15) is 9.59 Å². The van der Waals surface area contributed by atoms with Gasteiger partial charge in [-0.3, -0.25) is 10.1 Å². The molecule has 0 rings (SSSR count). The summed E-state index contributed by atoms with van der Waals surface area (Å²) in [4.78, 5) is 21.6. The third kappa shape index (κ3) is 8.19. The number of hydrogen-bond acceptors (Lipinski definition) is 6. The third-order valence-electron chi connectivity index (χ3n) is 1.25. The highest BCUT2D eigenvalue weighted by Gasteiger charge is 2.06. The number of carbonyl (C=O) groups excluding carboxylic acids is 2. The molecule has 7 heteroatoms. The van der Waals surface area contributed by atoms with Crippen molar-refractivity contribution in [1.29, 1.82) is 0 Å². The number of thiocarbonyl (C=S) groups is 1. The van der Waals surface area contributed by atoms with Crippen LogP contribution < -0.4 is 5.32 Å². The SMILES string of the molecule is CCOC(=O)NC(=S)SCCC(=O)OC. The Bertz CT molecular complexity index is 245. The molecule has 0 saturated carbocycles. The minimum atomic E-state index is -0.576. The van der Waals surface area contributed by atoms with Crippen LogP contribution in [0.15, 0.2) is 0 Å². The van der Waals surface area contributed by atoms with Crippen molar-refractivity contribution < 1.29 is 19.1 Å². The van der Waals surface area contributed by atoms with Crippen molar-refractivity contribution in [1.82, 2.24) is 5.32 Å². The molecule has 0 spiro atoms. The zero-order valence-electron chi connectivity index (χ0n) is 8.57. The predicted molar refractivity (Wildman–Crippen MR) is 61.8 cm³/mol. The number of ether oxygens (including phenoxy) is 2. The van der Waals surface area contributed by atoms with Crippen LogP contribution in [-0.2, 0) is 14.3 Å². The fourth-order valence-corrected chi connectivity index (χ4v) is 1.56. The van der Waals surface area contributed by atoms with Crippen molar-refractivity contribution in [3.8, 4) is 0 Å². The molecule has 0 aromatic carbocycles. The first-order valence-electron chi connectivity index (χ1n) is 4.27. The van der Waals surface area contributed by atoms with Gasteiger partial charge in [0.1, 0.15) is 4.32 Å². The molecule has 0 unspecified atom stereocenters. The highest BCUT2D eigenvalue weighted by molar-refractivity contribution is 8.23. The molecule has 0 aliphatic heterocycles. The lowest BCUT2D eigenvalue weighted by atomic mass is 10.5. The first-order chi connectivity index (χ1) is 7.10. The Hall–Kier alpha value is -0.820. The molecule has 0 aliphatic carbocycles. The van der Waals surface area contributed by atoms with E-state index in [2.05, 4.69) is 14.8 Å². The van der Waals surface area contributed by atoms with Crippen molar-refractivity contribution in [2.45, 2.75) is 13.3 Å². The molecule has 0 saturated heterocycles. The highest BCUT2D eigenvalue weighted by atomic mass is 32.2. The van der Waals surface area contributed by atoms with Gasteiger partial charge in [-0.05, 0) is 6.92 Å². The quantitative estimate of drug-likeness (QED) is 0.600. The Labute approximate surface area is 97.9 Å². The Morgan fingerprint density at radius 1 is 1.47 bits per heavy atom. The highest BCUT2D eigenvalue weighted by Crippen LogP contribution is 2.04. The summed E-state index contributed by atoms with van der Waals surface area (Å²) in [6, 6.07) is 0. The average Bonchev–Trinajstić information content (AvgIpc) is 2.17. The maximum absolute atomic E-state index is 10.9. The lowest BCUT2D eigenvalue weighted by Gasteiger charge is -2.05. The van der Waals surface area contributed by atoms with Crippen LogP contribution >= 0.6 is 24.0 Å². The number of amides is 1. The first kappa shape index (κ1) is 14.2. The number of methoxy groups -OCH3 is 1. The van der Waals surface area contributed by atoms with Crippen molar-refractivity contribution >= 4 is 40.4 Å². The van der Waals surface area contributed by atoms with Gasteiger partial charge in [-0.1, -0.05) is 24.0 Å². The van der Waals surface area contributed by atoms with Crippen molar-refractivity contribution in [3.63, 3.8) is 0 Å². The molecule has 0 radical (unpaired) electrons. The Morgan fingerprint density at radius 2 is 2.13 bits per heavy atom. The molecule has 0 aromatic heterocycles. The molecule has 0 heterocycles. The maximum atomic E-state index is 10.9. The summed E-state index contributed by atoms with van der Waals surface area (Å²) >= 11 is 6.02. The van der Waals surface area contributed by atoms with Gasteiger partial charge < -0.3 is 9.47 Å². The van der Waals surface area contributed by atoms with Gasteiger partial charge in [0.2, 0.25) is 0 Å². The number of nitrogens with one attached hydrogen (secondary N) is 1. The molecule has 15 heavy (non-hydrogen) atoms. The van der Waals surface area contributed by atoms with Crippen LogP contribution in [0.25, 0.3) is 0 Å².